The topological polar surface area (TPSA) is 58.6 Å². The predicted octanol–water partition coefficient (Wildman–Crippen LogP) is 3.38. The van der Waals surface area contributed by atoms with Gasteiger partial charge in [-0.1, -0.05) is 43.5 Å². The standard InChI is InChI=1S/C14H19Cl2NO3/c1-4-8(2)12(14(19)20-3)17-7-9-5-10(15)6-11(16)13(9)18/h5-6,8,12,17-18H,4,7H2,1-3H3. The van der Waals surface area contributed by atoms with Crippen molar-refractivity contribution in [3.05, 3.63) is 27.7 Å². The second kappa shape index (κ2) is 7.72. The van der Waals surface area contributed by atoms with Gasteiger partial charge in [0.05, 0.1) is 12.1 Å². The number of carbonyl (C=O) groups is 1. The van der Waals surface area contributed by atoms with Crippen molar-refractivity contribution < 1.29 is 14.6 Å². The smallest absolute Gasteiger partial charge is 0.323 e. The first kappa shape index (κ1) is 17.1. The summed E-state index contributed by atoms with van der Waals surface area (Å²) in [4.78, 5) is 11.8. The molecular weight excluding hydrogens is 301 g/mol. The number of phenols is 1. The number of benzene rings is 1. The van der Waals surface area contributed by atoms with Gasteiger partial charge in [-0.2, -0.15) is 0 Å². The lowest BCUT2D eigenvalue weighted by Crippen LogP contribution is -2.42. The van der Waals surface area contributed by atoms with E-state index < -0.39 is 6.04 Å². The molecule has 1 aromatic carbocycles. The van der Waals surface area contributed by atoms with Crippen LogP contribution in [-0.4, -0.2) is 24.2 Å². The molecule has 0 saturated carbocycles. The number of phenolic OH excluding ortho intramolecular Hbond substituents is 1. The van der Waals surface area contributed by atoms with Crippen LogP contribution in [0.25, 0.3) is 0 Å². The van der Waals surface area contributed by atoms with Crippen LogP contribution in [0.3, 0.4) is 0 Å². The van der Waals surface area contributed by atoms with Gasteiger partial charge in [0.15, 0.2) is 0 Å². The Morgan fingerprint density at radius 1 is 1.45 bits per heavy atom. The molecule has 20 heavy (non-hydrogen) atoms. The minimum absolute atomic E-state index is 0.0312. The molecule has 0 radical (unpaired) electrons. The number of aromatic hydroxyl groups is 1. The third kappa shape index (κ3) is 4.27. The number of methoxy groups -OCH3 is 1. The van der Waals surface area contributed by atoms with Crippen molar-refractivity contribution in [3.63, 3.8) is 0 Å². The van der Waals surface area contributed by atoms with Gasteiger partial charge in [0.1, 0.15) is 11.8 Å². The third-order valence-corrected chi connectivity index (χ3v) is 3.79. The van der Waals surface area contributed by atoms with E-state index >= 15 is 0 Å². The molecule has 0 fully saturated rings. The van der Waals surface area contributed by atoms with Crippen molar-refractivity contribution in [1.82, 2.24) is 5.32 Å². The predicted molar refractivity (Wildman–Crippen MR) is 80.2 cm³/mol. The van der Waals surface area contributed by atoms with Gasteiger partial charge in [-0.05, 0) is 18.1 Å². The van der Waals surface area contributed by atoms with E-state index in [4.69, 9.17) is 27.9 Å². The summed E-state index contributed by atoms with van der Waals surface area (Å²) in [5, 5.41) is 13.6. The van der Waals surface area contributed by atoms with E-state index in [2.05, 4.69) is 5.32 Å². The van der Waals surface area contributed by atoms with Crippen LogP contribution in [0.1, 0.15) is 25.8 Å². The van der Waals surface area contributed by atoms with Crippen LogP contribution in [0.5, 0.6) is 5.75 Å². The van der Waals surface area contributed by atoms with Crippen molar-refractivity contribution in [2.75, 3.05) is 7.11 Å². The molecule has 4 nitrogen and oxygen atoms in total. The molecule has 2 atom stereocenters. The molecule has 0 spiro atoms. The highest BCUT2D eigenvalue weighted by Crippen LogP contribution is 2.31. The minimum Gasteiger partial charge on any atom is -0.506 e. The second-order valence-corrected chi connectivity index (χ2v) is 5.51. The van der Waals surface area contributed by atoms with Crippen LogP contribution in [0, 0.1) is 5.92 Å². The van der Waals surface area contributed by atoms with Crippen LogP contribution in [0.4, 0.5) is 0 Å². The summed E-state index contributed by atoms with van der Waals surface area (Å²) in [7, 11) is 1.35. The summed E-state index contributed by atoms with van der Waals surface area (Å²) in [5.41, 5.74) is 0.541. The van der Waals surface area contributed by atoms with E-state index in [1.807, 2.05) is 13.8 Å². The van der Waals surface area contributed by atoms with Crippen LogP contribution in [0.2, 0.25) is 10.0 Å². The number of hydrogen-bond acceptors (Lipinski definition) is 4. The van der Waals surface area contributed by atoms with Gasteiger partial charge in [-0.15, -0.1) is 0 Å². The third-order valence-electron chi connectivity index (χ3n) is 3.29. The number of halogens is 2. The highest BCUT2D eigenvalue weighted by molar-refractivity contribution is 6.35. The van der Waals surface area contributed by atoms with E-state index in [0.29, 0.717) is 10.6 Å². The van der Waals surface area contributed by atoms with E-state index in [1.54, 1.807) is 6.07 Å². The first-order valence-electron chi connectivity index (χ1n) is 6.38. The van der Waals surface area contributed by atoms with Gasteiger partial charge in [0.2, 0.25) is 0 Å². The molecule has 0 aliphatic rings. The molecule has 6 heteroatoms. The Morgan fingerprint density at radius 2 is 2.10 bits per heavy atom. The molecule has 0 aromatic heterocycles. The zero-order chi connectivity index (χ0) is 15.3. The largest absolute Gasteiger partial charge is 0.506 e. The number of ether oxygens (including phenoxy) is 1. The zero-order valence-electron chi connectivity index (χ0n) is 11.7. The number of rotatable bonds is 6. The molecule has 0 aliphatic carbocycles. The SMILES string of the molecule is CCC(C)C(NCc1cc(Cl)cc(Cl)c1O)C(=O)OC. The summed E-state index contributed by atoms with van der Waals surface area (Å²) in [6.07, 6.45) is 0.828. The fourth-order valence-electron chi connectivity index (χ4n) is 1.85. The van der Waals surface area contributed by atoms with Gasteiger partial charge >= 0.3 is 5.97 Å². The fraction of sp³-hybridized carbons (Fsp3) is 0.500. The Bertz CT molecular complexity index is 480. The van der Waals surface area contributed by atoms with E-state index in [9.17, 15) is 9.90 Å². The van der Waals surface area contributed by atoms with Crippen molar-refractivity contribution in [3.8, 4) is 5.75 Å². The summed E-state index contributed by atoms with van der Waals surface area (Å²) in [6.45, 7) is 4.23. The van der Waals surface area contributed by atoms with Crippen molar-refractivity contribution in [2.24, 2.45) is 5.92 Å². The normalized spacial score (nSPS) is 13.8. The Morgan fingerprint density at radius 3 is 2.65 bits per heavy atom. The molecule has 0 heterocycles. The fourth-order valence-corrected chi connectivity index (χ4v) is 2.39. The van der Waals surface area contributed by atoms with Gasteiger partial charge < -0.3 is 9.84 Å². The summed E-state index contributed by atoms with van der Waals surface area (Å²) in [6, 6.07) is 2.64. The average molecular weight is 320 g/mol. The lowest BCUT2D eigenvalue weighted by molar-refractivity contribution is -0.144. The molecule has 2 N–H and O–H groups in total. The Balaban J connectivity index is 2.85. The molecule has 1 rings (SSSR count). The summed E-state index contributed by atoms with van der Waals surface area (Å²) < 4.78 is 4.79. The quantitative estimate of drug-likeness (QED) is 0.789. The second-order valence-electron chi connectivity index (χ2n) is 4.66. The number of hydrogen-bond donors (Lipinski definition) is 2. The highest BCUT2D eigenvalue weighted by Gasteiger charge is 2.24. The Kier molecular flexibility index (Phi) is 6.59. The van der Waals surface area contributed by atoms with Gasteiger partial charge in [0.25, 0.3) is 0 Å². The number of nitrogens with one attached hydrogen (secondary N) is 1. The van der Waals surface area contributed by atoms with E-state index in [0.717, 1.165) is 6.42 Å². The van der Waals surface area contributed by atoms with Crippen molar-refractivity contribution >= 4 is 29.2 Å². The molecule has 0 bridgehead atoms. The Labute approximate surface area is 129 Å². The molecular formula is C14H19Cl2NO3. The van der Waals surface area contributed by atoms with Crippen molar-refractivity contribution in [2.45, 2.75) is 32.9 Å². The van der Waals surface area contributed by atoms with Crippen LogP contribution in [0.15, 0.2) is 12.1 Å². The number of esters is 1. The lowest BCUT2D eigenvalue weighted by Gasteiger charge is -2.22. The van der Waals surface area contributed by atoms with Crippen LogP contribution < -0.4 is 5.32 Å². The maximum absolute atomic E-state index is 11.8. The van der Waals surface area contributed by atoms with Crippen LogP contribution in [-0.2, 0) is 16.1 Å². The minimum atomic E-state index is -0.442. The molecule has 112 valence electrons. The van der Waals surface area contributed by atoms with Gasteiger partial charge in [0, 0.05) is 17.1 Å². The molecule has 0 aliphatic heterocycles. The van der Waals surface area contributed by atoms with E-state index in [-0.39, 0.29) is 29.2 Å². The molecule has 2 unspecified atom stereocenters. The van der Waals surface area contributed by atoms with Crippen LogP contribution >= 0.6 is 23.2 Å². The zero-order valence-corrected chi connectivity index (χ0v) is 13.3. The highest BCUT2D eigenvalue weighted by atomic mass is 35.5. The number of carbonyl (C=O) groups excluding carboxylic acids is 1. The van der Waals surface area contributed by atoms with Crippen molar-refractivity contribution in [1.29, 1.82) is 0 Å². The summed E-state index contributed by atoms with van der Waals surface area (Å²) >= 11 is 11.8. The Hall–Kier alpha value is -0.970. The maximum Gasteiger partial charge on any atom is 0.323 e. The first-order valence-corrected chi connectivity index (χ1v) is 7.14. The maximum atomic E-state index is 11.8. The molecule has 1 aromatic rings. The summed E-state index contributed by atoms with van der Waals surface area (Å²) in [5.74, 6) is -0.248. The molecule has 0 amide bonds. The van der Waals surface area contributed by atoms with Gasteiger partial charge in [-0.25, -0.2) is 0 Å². The molecule has 0 saturated heterocycles. The lowest BCUT2D eigenvalue weighted by atomic mass is 9.99. The first-order chi connectivity index (χ1) is 9.40. The van der Waals surface area contributed by atoms with E-state index in [1.165, 1.54) is 13.2 Å². The monoisotopic (exact) mass is 319 g/mol. The van der Waals surface area contributed by atoms with Gasteiger partial charge in [-0.3, -0.25) is 10.1 Å². The average Bonchev–Trinajstić information content (AvgIpc) is 2.43.